The quantitative estimate of drug-likeness (QED) is 0.294. The lowest BCUT2D eigenvalue weighted by Crippen LogP contribution is -2.15. The van der Waals surface area contributed by atoms with E-state index in [0.717, 1.165) is 38.8 Å². The summed E-state index contributed by atoms with van der Waals surface area (Å²) >= 11 is 9.08. The summed E-state index contributed by atoms with van der Waals surface area (Å²) in [6.45, 7) is 8.52. The van der Waals surface area contributed by atoms with E-state index in [2.05, 4.69) is 29.0 Å². The zero-order valence-corrected chi connectivity index (χ0v) is 20.0. The molecule has 0 unspecified atom stereocenters. The minimum atomic E-state index is -0.0694. The molecule has 1 amide bonds. The lowest BCUT2D eigenvalue weighted by Gasteiger charge is -2.09. The molecule has 0 aliphatic carbocycles. The van der Waals surface area contributed by atoms with E-state index in [1.54, 1.807) is 11.8 Å². The molecule has 0 aliphatic heterocycles. The summed E-state index contributed by atoms with van der Waals surface area (Å²) in [5.41, 5.74) is 4.37. The Labute approximate surface area is 196 Å². The van der Waals surface area contributed by atoms with Gasteiger partial charge in [-0.1, -0.05) is 47.6 Å². The van der Waals surface area contributed by atoms with Crippen LogP contribution in [-0.2, 0) is 22.8 Å². The molecule has 2 aromatic carbocycles. The highest BCUT2D eigenvalue weighted by molar-refractivity contribution is 7.99. The van der Waals surface area contributed by atoms with Crippen LogP contribution in [-0.4, -0.2) is 26.4 Å². The van der Waals surface area contributed by atoms with Crippen LogP contribution in [0.15, 0.2) is 60.3 Å². The first kappa shape index (κ1) is 23.4. The summed E-state index contributed by atoms with van der Waals surface area (Å²) in [7, 11) is 0. The number of amides is 1. The number of halogens is 1. The van der Waals surface area contributed by atoms with Crippen LogP contribution in [0.3, 0.4) is 0 Å². The van der Waals surface area contributed by atoms with Crippen molar-refractivity contribution >= 4 is 46.7 Å². The van der Waals surface area contributed by atoms with Gasteiger partial charge in [0.1, 0.15) is 5.82 Å². The van der Waals surface area contributed by atoms with Crippen molar-refractivity contribution < 1.29 is 4.79 Å². The Morgan fingerprint density at radius 2 is 1.90 bits per heavy atom. The fraction of sp³-hybridized carbons (Fsp3) is 0.261. The number of benzene rings is 2. The molecule has 1 N–H and O–H groups in total. The molecular weight excluding hydrogens is 448 g/mol. The monoisotopic (exact) mass is 472 g/mol. The lowest BCUT2D eigenvalue weighted by molar-refractivity contribution is -0.113. The molecule has 1 aromatic heterocycles. The first-order valence-electron chi connectivity index (χ1n) is 9.81. The molecule has 1 heterocycles. The van der Waals surface area contributed by atoms with Crippen molar-refractivity contribution in [1.82, 2.24) is 14.8 Å². The summed E-state index contributed by atoms with van der Waals surface area (Å²) in [5.74, 6) is 2.65. The van der Waals surface area contributed by atoms with Crippen molar-refractivity contribution in [1.29, 1.82) is 0 Å². The first-order valence-corrected chi connectivity index (χ1v) is 12.3. The highest BCUT2D eigenvalue weighted by Gasteiger charge is 2.14. The zero-order valence-electron chi connectivity index (χ0n) is 17.6. The van der Waals surface area contributed by atoms with Gasteiger partial charge in [0.25, 0.3) is 0 Å². The third-order valence-electron chi connectivity index (χ3n) is 4.64. The molecule has 0 saturated heterocycles. The summed E-state index contributed by atoms with van der Waals surface area (Å²) in [4.78, 5) is 12.4. The summed E-state index contributed by atoms with van der Waals surface area (Å²) in [5, 5.41) is 13.0. The van der Waals surface area contributed by atoms with Crippen molar-refractivity contribution in [2.24, 2.45) is 0 Å². The normalized spacial score (nSPS) is 10.8. The molecule has 31 heavy (non-hydrogen) atoms. The maximum absolute atomic E-state index is 12.4. The maximum atomic E-state index is 12.4. The van der Waals surface area contributed by atoms with Gasteiger partial charge in [-0.15, -0.1) is 28.5 Å². The van der Waals surface area contributed by atoms with Crippen LogP contribution < -0.4 is 5.32 Å². The number of aryl methyl sites for hydroxylation is 2. The zero-order chi connectivity index (χ0) is 22.2. The number of thioether (sulfide) groups is 2. The highest BCUT2D eigenvalue weighted by atomic mass is 35.5. The molecule has 8 heteroatoms. The smallest absolute Gasteiger partial charge is 0.234 e. The van der Waals surface area contributed by atoms with Crippen molar-refractivity contribution in [3.05, 3.63) is 82.7 Å². The minimum Gasteiger partial charge on any atom is -0.325 e. The number of carbonyl (C=O) groups is 1. The van der Waals surface area contributed by atoms with E-state index in [0.29, 0.717) is 6.54 Å². The van der Waals surface area contributed by atoms with E-state index in [-0.39, 0.29) is 11.7 Å². The lowest BCUT2D eigenvalue weighted by atomic mass is 10.1. The van der Waals surface area contributed by atoms with Crippen LogP contribution in [0.2, 0.25) is 5.02 Å². The van der Waals surface area contributed by atoms with E-state index < -0.39 is 0 Å². The second-order valence-corrected chi connectivity index (χ2v) is 9.42. The van der Waals surface area contributed by atoms with Crippen LogP contribution in [0, 0.1) is 13.8 Å². The van der Waals surface area contributed by atoms with Gasteiger partial charge in [0.05, 0.1) is 11.5 Å². The predicted molar refractivity (Wildman–Crippen MR) is 132 cm³/mol. The van der Waals surface area contributed by atoms with E-state index >= 15 is 0 Å². The van der Waals surface area contributed by atoms with E-state index in [1.165, 1.54) is 22.9 Å². The molecular formula is C23H25ClN4OS2. The topological polar surface area (TPSA) is 59.8 Å². The van der Waals surface area contributed by atoms with Crippen molar-refractivity contribution in [3.63, 3.8) is 0 Å². The Morgan fingerprint density at radius 1 is 1.13 bits per heavy atom. The molecule has 0 spiro atoms. The average molecular weight is 473 g/mol. The fourth-order valence-electron chi connectivity index (χ4n) is 2.83. The van der Waals surface area contributed by atoms with Gasteiger partial charge in [0.2, 0.25) is 5.91 Å². The number of nitrogens with one attached hydrogen (secondary N) is 1. The van der Waals surface area contributed by atoms with Crippen LogP contribution in [0.25, 0.3) is 0 Å². The van der Waals surface area contributed by atoms with Crippen LogP contribution >= 0.6 is 35.1 Å². The third kappa shape index (κ3) is 6.89. The molecule has 3 rings (SSSR count). The van der Waals surface area contributed by atoms with Gasteiger partial charge in [-0.05, 0) is 54.8 Å². The average Bonchev–Trinajstić information content (AvgIpc) is 3.13. The van der Waals surface area contributed by atoms with Crippen LogP contribution in [0.1, 0.15) is 22.5 Å². The molecule has 0 aliphatic rings. The predicted octanol–water partition coefficient (Wildman–Crippen LogP) is 5.90. The van der Waals surface area contributed by atoms with Crippen molar-refractivity contribution in [2.45, 2.75) is 37.1 Å². The standard InChI is InChI=1S/C23H25ClN4OS2/c1-4-11-28-21(14-30-13-18-6-8-19(24)9-7-18)26-27-23(28)31-15-22(29)25-20-10-5-16(2)17(3)12-20/h4-10,12H,1,11,13-15H2,2-3H3,(H,25,29). The summed E-state index contributed by atoms with van der Waals surface area (Å²) in [6.07, 6.45) is 1.82. The van der Waals surface area contributed by atoms with Gasteiger partial charge < -0.3 is 9.88 Å². The number of rotatable bonds is 10. The van der Waals surface area contributed by atoms with Gasteiger partial charge in [0.15, 0.2) is 5.16 Å². The number of anilines is 1. The molecule has 0 radical (unpaired) electrons. The Balaban J connectivity index is 1.56. The fourth-order valence-corrected chi connectivity index (χ4v) is 4.65. The number of carbonyl (C=O) groups excluding carboxylic acids is 1. The summed E-state index contributed by atoms with van der Waals surface area (Å²) in [6, 6.07) is 13.8. The van der Waals surface area contributed by atoms with E-state index in [1.807, 2.05) is 60.0 Å². The van der Waals surface area contributed by atoms with Gasteiger partial charge in [-0.3, -0.25) is 4.79 Å². The van der Waals surface area contributed by atoms with Crippen molar-refractivity contribution in [2.75, 3.05) is 11.1 Å². The molecule has 0 bridgehead atoms. The molecule has 0 fully saturated rings. The number of nitrogens with zero attached hydrogens (tertiary/aromatic N) is 3. The molecule has 3 aromatic rings. The Hall–Kier alpha value is -2.22. The summed E-state index contributed by atoms with van der Waals surface area (Å²) < 4.78 is 2.01. The maximum Gasteiger partial charge on any atom is 0.234 e. The van der Waals surface area contributed by atoms with E-state index in [4.69, 9.17) is 11.6 Å². The molecule has 162 valence electrons. The third-order valence-corrected chi connectivity index (χ3v) is 6.86. The Bertz CT molecular complexity index is 1050. The van der Waals surface area contributed by atoms with Crippen LogP contribution in [0.4, 0.5) is 5.69 Å². The Kier molecular flexibility index (Phi) is 8.63. The second kappa shape index (κ2) is 11.4. The van der Waals surface area contributed by atoms with Gasteiger partial charge >= 0.3 is 0 Å². The van der Waals surface area contributed by atoms with Gasteiger partial charge in [0, 0.05) is 23.0 Å². The number of aromatic nitrogens is 3. The SMILES string of the molecule is C=CCn1c(CSCc2ccc(Cl)cc2)nnc1SCC(=O)Nc1ccc(C)c(C)c1. The molecule has 0 atom stereocenters. The number of allylic oxidation sites excluding steroid dienone is 1. The Morgan fingerprint density at radius 3 is 2.61 bits per heavy atom. The van der Waals surface area contributed by atoms with Crippen LogP contribution in [0.5, 0.6) is 0 Å². The minimum absolute atomic E-state index is 0.0694. The highest BCUT2D eigenvalue weighted by Crippen LogP contribution is 2.23. The second-order valence-electron chi connectivity index (χ2n) is 7.05. The largest absolute Gasteiger partial charge is 0.325 e. The molecule has 0 saturated carbocycles. The first-order chi connectivity index (χ1) is 15.0. The van der Waals surface area contributed by atoms with Gasteiger partial charge in [-0.25, -0.2) is 0 Å². The van der Waals surface area contributed by atoms with Crippen molar-refractivity contribution in [3.8, 4) is 0 Å². The van der Waals surface area contributed by atoms with Gasteiger partial charge in [-0.2, -0.15) is 0 Å². The number of hydrogen-bond acceptors (Lipinski definition) is 5. The molecule has 5 nitrogen and oxygen atoms in total. The van der Waals surface area contributed by atoms with E-state index in [9.17, 15) is 4.79 Å². The number of hydrogen-bond donors (Lipinski definition) is 1.